The van der Waals surface area contributed by atoms with Crippen molar-refractivity contribution in [3.05, 3.63) is 34.3 Å². The van der Waals surface area contributed by atoms with Gasteiger partial charge in [-0.05, 0) is 18.1 Å². The van der Waals surface area contributed by atoms with Crippen molar-refractivity contribution >= 4 is 15.9 Å². The van der Waals surface area contributed by atoms with E-state index < -0.39 is 0 Å². The maximum absolute atomic E-state index is 8.50. The van der Waals surface area contributed by atoms with Crippen LogP contribution in [0.5, 0.6) is 0 Å². The third kappa shape index (κ3) is 2.83. The second-order valence-electron chi connectivity index (χ2n) is 3.02. The van der Waals surface area contributed by atoms with E-state index in [-0.39, 0.29) is 6.04 Å². The van der Waals surface area contributed by atoms with Gasteiger partial charge in [-0.25, -0.2) is 0 Å². The van der Waals surface area contributed by atoms with Crippen LogP contribution in [-0.2, 0) is 0 Å². The van der Waals surface area contributed by atoms with Gasteiger partial charge in [0.05, 0.1) is 12.6 Å². The molecule has 0 heterocycles. The maximum Gasteiger partial charge on any atom is 0.0845 e. The third-order valence-corrected chi connectivity index (χ3v) is 2.84. The van der Waals surface area contributed by atoms with Crippen molar-refractivity contribution < 1.29 is 0 Å². The highest BCUT2D eigenvalue weighted by molar-refractivity contribution is 9.10. The lowest BCUT2D eigenvalue weighted by atomic mass is 10.0. The second kappa shape index (κ2) is 5.79. The van der Waals surface area contributed by atoms with Gasteiger partial charge in [0.15, 0.2) is 0 Å². The SMILES string of the molecule is CC[C@@H](NCC#N)c1ccccc1Br. The van der Waals surface area contributed by atoms with Crippen LogP contribution in [0.2, 0.25) is 0 Å². The highest BCUT2D eigenvalue weighted by Gasteiger charge is 2.10. The summed E-state index contributed by atoms with van der Waals surface area (Å²) in [6.07, 6.45) is 0.976. The number of hydrogen-bond donors (Lipinski definition) is 1. The average Bonchev–Trinajstić information content (AvgIpc) is 2.21. The van der Waals surface area contributed by atoms with Crippen molar-refractivity contribution in [2.75, 3.05) is 6.54 Å². The second-order valence-corrected chi connectivity index (χ2v) is 3.88. The normalized spacial score (nSPS) is 12.1. The molecule has 0 aliphatic rings. The lowest BCUT2D eigenvalue weighted by Gasteiger charge is -2.16. The standard InChI is InChI=1S/C11H13BrN2/c1-2-11(14-8-7-13)9-5-3-4-6-10(9)12/h3-6,11,14H,2,8H2,1H3/t11-/m1/s1. The summed E-state index contributed by atoms with van der Waals surface area (Å²) in [4.78, 5) is 0. The lowest BCUT2D eigenvalue weighted by Crippen LogP contribution is -2.21. The summed E-state index contributed by atoms with van der Waals surface area (Å²) in [5.41, 5.74) is 1.21. The maximum atomic E-state index is 8.50. The Hall–Kier alpha value is -0.850. The Kier molecular flexibility index (Phi) is 4.64. The molecule has 1 N–H and O–H groups in total. The molecule has 0 amide bonds. The first kappa shape index (κ1) is 11.2. The van der Waals surface area contributed by atoms with E-state index in [1.165, 1.54) is 5.56 Å². The van der Waals surface area contributed by atoms with E-state index in [9.17, 15) is 0 Å². The minimum Gasteiger partial charge on any atom is -0.298 e. The van der Waals surface area contributed by atoms with Crippen LogP contribution in [-0.4, -0.2) is 6.54 Å². The Bertz CT molecular complexity index is 330. The van der Waals surface area contributed by atoms with E-state index in [1.807, 2.05) is 18.2 Å². The zero-order valence-corrected chi connectivity index (χ0v) is 9.71. The summed E-state index contributed by atoms with van der Waals surface area (Å²) in [6.45, 7) is 2.49. The molecule has 0 spiro atoms. The zero-order valence-electron chi connectivity index (χ0n) is 8.13. The highest BCUT2D eigenvalue weighted by atomic mass is 79.9. The summed E-state index contributed by atoms with van der Waals surface area (Å²) in [7, 11) is 0. The van der Waals surface area contributed by atoms with Crippen LogP contribution in [0.15, 0.2) is 28.7 Å². The molecule has 0 radical (unpaired) electrons. The molecule has 0 fully saturated rings. The van der Waals surface area contributed by atoms with Crippen LogP contribution >= 0.6 is 15.9 Å². The van der Waals surface area contributed by atoms with Gasteiger partial charge in [0.25, 0.3) is 0 Å². The molecule has 0 saturated carbocycles. The number of rotatable bonds is 4. The first-order valence-electron chi connectivity index (χ1n) is 4.64. The lowest BCUT2D eigenvalue weighted by molar-refractivity contribution is 0.552. The molecule has 1 aromatic carbocycles. The monoisotopic (exact) mass is 252 g/mol. The molecule has 14 heavy (non-hydrogen) atoms. The minimum atomic E-state index is 0.255. The van der Waals surface area contributed by atoms with Gasteiger partial charge in [-0.3, -0.25) is 5.32 Å². The minimum absolute atomic E-state index is 0.255. The molecule has 1 atom stereocenters. The Morgan fingerprint density at radius 3 is 2.79 bits per heavy atom. The van der Waals surface area contributed by atoms with Crippen molar-refractivity contribution in [3.63, 3.8) is 0 Å². The first-order valence-corrected chi connectivity index (χ1v) is 5.43. The Balaban J connectivity index is 2.79. The van der Waals surface area contributed by atoms with Crippen LogP contribution in [0.1, 0.15) is 24.9 Å². The van der Waals surface area contributed by atoms with Gasteiger partial charge < -0.3 is 0 Å². The summed E-state index contributed by atoms with van der Waals surface area (Å²) < 4.78 is 1.09. The van der Waals surface area contributed by atoms with Crippen LogP contribution in [0, 0.1) is 11.3 Å². The van der Waals surface area contributed by atoms with Crippen LogP contribution in [0.4, 0.5) is 0 Å². The number of nitriles is 1. The van der Waals surface area contributed by atoms with Crippen molar-refractivity contribution in [1.82, 2.24) is 5.32 Å². The molecule has 1 rings (SSSR count). The smallest absolute Gasteiger partial charge is 0.0845 e. The quantitative estimate of drug-likeness (QED) is 0.837. The van der Waals surface area contributed by atoms with Crippen molar-refractivity contribution in [3.8, 4) is 6.07 Å². The van der Waals surface area contributed by atoms with Gasteiger partial charge in [0.1, 0.15) is 0 Å². The van der Waals surface area contributed by atoms with Gasteiger partial charge in [-0.2, -0.15) is 5.26 Å². The van der Waals surface area contributed by atoms with Crippen LogP contribution in [0.3, 0.4) is 0 Å². The summed E-state index contributed by atoms with van der Waals surface area (Å²) >= 11 is 3.51. The molecule has 0 bridgehead atoms. The van der Waals surface area contributed by atoms with Gasteiger partial charge >= 0.3 is 0 Å². The van der Waals surface area contributed by atoms with Crippen molar-refractivity contribution in [1.29, 1.82) is 5.26 Å². The fourth-order valence-corrected chi connectivity index (χ4v) is 1.96. The predicted octanol–water partition coefficient (Wildman–Crippen LogP) is 3.01. The number of hydrogen-bond acceptors (Lipinski definition) is 2. The van der Waals surface area contributed by atoms with Crippen molar-refractivity contribution in [2.45, 2.75) is 19.4 Å². The molecule has 1 aromatic rings. The average molecular weight is 253 g/mol. The molecule has 0 aliphatic carbocycles. The molecule has 0 saturated heterocycles. The van der Waals surface area contributed by atoms with Gasteiger partial charge in [-0.15, -0.1) is 0 Å². The molecular weight excluding hydrogens is 240 g/mol. The molecule has 3 heteroatoms. The first-order chi connectivity index (χ1) is 6.79. The van der Waals surface area contributed by atoms with E-state index in [2.05, 4.69) is 40.3 Å². The zero-order chi connectivity index (χ0) is 10.4. The number of nitrogens with zero attached hydrogens (tertiary/aromatic N) is 1. The molecule has 0 aromatic heterocycles. The molecular formula is C11H13BrN2. The topological polar surface area (TPSA) is 35.8 Å². The predicted molar refractivity (Wildman–Crippen MR) is 60.8 cm³/mol. The Labute approximate surface area is 93.1 Å². The third-order valence-electron chi connectivity index (χ3n) is 2.12. The number of nitrogens with one attached hydrogen (secondary N) is 1. The summed E-state index contributed by atoms with van der Waals surface area (Å²) in [5.74, 6) is 0. The highest BCUT2D eigenvalue weighted by Crippen LogP contribution is 2.24. The number of benzene rings is 1. The van der Waals surface area contributed by atoms with Gasteiger partial charge in [0.2, 0.25) is 0 Å². The Morgan fingerprint density at radius 2 is 2.21 bits per heavy atom. The largest absolute Gasteiger partial charge is 0.298 e. The number of halogens is 1. The Morgan fingerprint density at radius 1 is 1.50 bits per heavy atom. The molecule has 0 unspecified atom stereocenters. The van der Waals surface area contributed by atoms with Crippen molar-refractivity contribution in [2.24, 2.45) is 0 Å². The van der Waals surface area contributed by atoms with E-state index in [4.69, 9.17) is 5.26 Å². The fourth-order valence-electron chi connectivity index (χ4n) is 1.40. The summed E-state index contributed by atoms with van der Waals surface area (Å²) in [5, 5.41) is 11.7. The van der Waals surface area contributed by atoms with E-state index in [0.29, 0.717) is 6.54 Å². The van der Waals surface area contributed by atoms with E-state index >= 15 is 0 Å². The molecule has 2 nitrogen and oxygen atoms in total. The molecule has 0 aliphatic heterocycles. The van der Waals surface area contributed by atoms with Crippen LogP contribution in [0.25, 0.3) is 0 Å². The van der Waals surface area contributed by atoms with E-state index in [1.54, 1.807) is 0 Å². The van der Waals surface area contributed by atoms with E-state index in [0.717, 1.165) is 10.9 Å². The molecule has 74 valence electrons. The van der Waals surface area contributed by atoms with Gasteiger partial charge in [-0.1, -0.05) is 41.1 Å². The fraction of sp³-hybridized carbons (Fsp3) is 0.364. The summed E-state index contributed by atoms with van der Waals surface area (Å²) in [6, 6.07) is 10.4. The van der Waals surface area contributed by atoms with Crippen LogP contribution < -0.4 is 5.32 Å². The van der Waals surface area contributed by atoms with Gasteiger partial charge in [0, 0.05) is 10.5 Å².